The fourth-order valence-electron chi connectivity index (χ4n) is 3.35. The Morgan fingerprint density at radius 3 is 2.66 bits per heavy atom. The van der Waals surface area contributed by atoms with Crippen LogP contribution in [-0.4, -0.2) is 14.3 Å². The minimum Gasteiger partial charge on any atom is -0.457 e. The fraction of sp³-hybridized carbons (Fsp3) is 0.0400. The molecule has 4 aromatic rings. The molecule has 160 valence electrons. The molecule has 0 amide bonds. The zero-order valence-corrected chi connectivity index (χ0v) is 17.9. The van der Waals surface area contributed by atoms with Crippen molar-refractivity contribution in [3.8, 4) is 11.4 Å². The van der Waals surface area contributed by atoms with Crippen LogP contribution in [0.2, 0.25) is 5.02 Å². The van der Waals surface area contributed by atoms with E-state index in [9.17, 15) is 9.59 Å². The summed E-state index contributed by atoms with van der Waals surface area (Å²) in [4.78, 5) is 25.7. The Kier molecular flexibility index (Phi) is 5.96. The maximum absolute atomic E-state index is 13.0. The van der Waals surface area contributed by atoms with Crippen LogP contribution in [0.3, 0.4) is 0 Å². The van der Waals surface area contributed by atoms with Gasteiger partial charge in [0.2, 0.25) is 0 Å². The lowest BCUT2D eigenvalue weighted by Gasteiger charge is -2.09. The third-order valence-corrected chi connectivity index (χ3v) is 5.18. The summed E-state index contributed by atoms with van der Waals surface area (Å²) in [5.41, 5.74) is 1.27. The Bertz CT molecular complexity index is 1470. The number of benzene rings is 2. The SMILES string of the molecule is C=C/C=C(\C=C)Oc1cccc(Cn2cc3c(=O)n(-c4ccccc4Cl)[nH]c3cc2=O)c1. The first kappa shape index (κ1) is 21.2. The van der Waals surface area contributed by atoms with Gasteiger partial charge in [0.25, 0.3) is 11.1 Å². The summed E-state index contributed by atoms with van der Waals surface area (Å²) in [6.07, 6.45) is 6.46. The van der Waals surface area contributed by atoms with Crippen LogP contribution < -0.4 is 15.9 Å². The molecule has 0 unspecified atom stereocenters. The third-order valence-electron chi connectivity index (χ3n) is 4.86. The molecule has 0 fully saturated rings. The number of halogens is 1. The maximum atomic E-state index is 13.0. The molecule has 4 rings (SSSR count). The summed E-state index contributed by atoms with van der Waals surface area (Å²) in [7, 11) is 0. The Morgan fingerprint density at radius 1 is 1.09 bits per heavy atom. The van der Waals surface area contributed by atoms with Gasteiger partial charge in [-0.25, -0.2) is 4.68 Å². The number of para-hydroxylation sites is 1. The summed E-state index contributed by atoms with van der Waals surface area (Å²) in [5.74, 6) is 1.16. The maximum Gasteiger partial charge on any atom is 0.280 e. The van der Waals surface area contributed by atoms with E-state index in [2.05, 4.69) is 18.3 Å². The van der Waals surface area contributed by atoms with Crippen LogP contribution in [0.25, 0.3) is 16.6 Å². The van der Waals surface area contributed by atoms with Crippen molar-refractivity contribution >= 4 is 22.5 Å². The third kappa shape index (κ3) is 4.22. The molecule has 7 heteroatoms. The highest BCUT2D eigenvalue weighted by Gasteiger charge is 2.13. The number of allylic oxidation sites excluding steroid dienone is 3. The molecule has 0 saturated heterocycles. The fourth-order valence-corrected chi connectivity index (χ4v) is 3.57. The minimum atomic E-state index is -0.288. The molecular formula is C25H20ClN3O3. The monoisotopic (exact) mass is 445 g/mol. The number of fused-ring (bicyclic) bond motifs is 1. The minimum absolute atomic E-state index is 0.241. The van der Waals surface area contributed by atoms with Crippen LogP contribution in [0, 0.1) is 0 Å². The van der Waals surface area contributed by atoms with E-state index in [4.69, 9.17) is 16.3 Å². The number of H-pyrrole nitrogens is 1. The van der Waals surface area contributed by atoms with Gasteiger partial charge in [0.15, 0.2) is 0 Å². The second-order valence-electron chi connectivity index (χ2n) is 7.03. The molecule has 0 aliphatic carbocycles. The number of ether oxygens (including phenoxy) is 1. The number of nitrogens with zero attached hydrogens (tertiary/aromatic N) is 2. The van der Waals surface area contributed by atoms with Gasteiger partial charge < -0.3 is 9.30 Å². The molecule has 0 aliphatic heterocycles. The average Bonchev–Trinajstić information content (AvgIpc) is 3.09. The number of nitrogens with one attached hydrogen (secondary N) is 1. The largest absolute Gasteiger partial charge is 0.457 e. The lowest BCUT2D eigenvalue weighted by atomic mass is 10.2. The van der Waals surface area contributed by atoms with Crippen LogP contribution in [0.1, 0.15) is 5.56 Å². The molecule has 0 bridgehead atoms. The van der Waals surface area contributed by atoms with Gasteiger partial charge in [-0.2, -0.15) is 0 Å². The van der Waals surface area contributed by atoms with Gasteiger partial charge in [-0.1, -0.05) is 55.1 Å². The Balaban J connectivity index is 1.70. The van der Waals surface area contributed by atoms with Crippen molar-refractivity contribution in [2.75, 3.05) is 0 Å². The highest BCUT2D eigenvalue weighted by atomic mass is 35.5. The normalized spacial score (nSPS) is 11.5. The molecule has 0 aliphatic rings. The number of aromatic amines is 1. The second kappa shape index (κ2) is 8.99. The van der Waals surface area contributed by atoms with Crippen LogP contribution in [0.5, 0.6) is 5.75 Å². The molecule has 0 saturated carbocycles. The van der Waals surface area contributed by atoms with Gasteiger partial charge in [0.1, 0.15) is 11.5 Å². The first-order valence-corrected chi connectivity index (χ1v) is 10.2. The summed E-state index contributed by atoms with van der Waals surface area (Å²) >= 11 is 6.24. The zero-order chi connectivity index (χ0) is 22.7. The van der Waals surface area contributed by atoms with Gasteiger partial charge >= 0.3 is 0 Å². The van der Waals surface area contributed by atoms with Gasteiger partial charge in [0.05, 0.1) is 28.2 Å². The van der Waals surface area contributed by atoms with E-state index < -0.39 is 0 Å². The van der Waals surface area contributed by atoms with E-state index in [0.717, 1.165) is 5.56 Å². The number of rotatable bonds is 7. The molecule has 1 N–H and O–H groups in total. The molecule has 2 aromatic carbocycles. The van der Waals surface area contributed by atoms with Crippen molar-refractivity contribution in [3.05, 3.63) is 129 Å². The Morgan fingerprint density at radius 2 is 1.91 bits per heavy atom. The van der Waals surface area contributed by atoms with Crippen molar-refractivity contribution < 1.29 is 4.74 Å². The lowest BCUT2D eigenvalue weighted by Crippen LogP contribution is -2.20. The summed E-state index contributed by atoms with van der Waals surface area (Å²) in [5, 5.41) is 3.78. The highest BCUT2D eigenvalue weighted by molar-refractivity contribution is 6.32. The Hall–Kier alpha value is -4.03. The van der Waals surface area contributed by atoms with Crippen molar-refractivity contribution in [1.29, 1.82) is 0 Å². The predicted molar refractivity (Wildman–Crippen MR) is 128 cm³/mol. The molecule has 2 heterocycles. The highest BCUT2D eigenvalue weighted by Crippen LogP contribution is 2.20. The molecule has 0 spiro atoms. The van der Waals surface area contributed by atoms with Crippen molar-refractivity contribution in [3.63, 3.8) is 0 Å². The lowest BCUT2D eigenvalue weighted by molar-refractivity contribution is 0.444. The zero-order valence-electron chi connectivity index (χ0n) is 17.1. The van der Waals surface area contributed by atoms with Crippen molar-refractivity contribution in [2.24, 2.45) is 0 Å². The molecule has 0 atom stereocenters. The van der Waals surface area contributed by atoms with Crippen LogP contribution in [0.15, 0.2) is 108 Å². The Labute approximate surface area is 188 Å². The standard InChI is InChI=1S/C25H20ClN3O3/c1-3-8-18(4-2)32-19-10-7-9-17(13-19)15-28-16-20-22(14-24(28)30)27-29(25(20)31)23-12-6-5-11-21(23)26/h3-14,16,27H,1-2,15H2/b18-8+. The van der Waals surface area contributed by atoms with Crippen molar-refractivity contribution in [2.45, 2.75) is 6.54 Å². The number of hydrogen-bond acceptors (Lipinski definition) is 3. The van der Waals surface area contributed by atoms with Gasteiger partial charge in [-0.05, 0) is 42.0 Å². The summed E-state index contributed by atoms with van der Waals surface area (Å²) in [6, 6.07) is 15.8. The summed E-state index contributed by atoms with van der Waals surface area (Å²) < 4.78 is 8.61. The molecule has 0 radical (unpaired) electrons. The number of hydrogen-bond donors (Lipinski definition) is 1. The van der Waals surface area contributed by atoms with Gasteiger partial charge in [-0.15, -0.1) is 0 Å². The quantitative estimate of drug-likeness (QED) is 0.327. The topological polar surface area (TPSA) is 69.0 Å². The van der Waals surface area contributed by atoms with E-state index in [1.807, 2.05) is 24.3 Å². The van der Waals surface area contributed by atoms with Crippen LogP contribution in [-0.2, 0) is 6.54 Å². The molecule has 2 aromatic heterocycles. The second-order valence-corrected chi connectivity index (χ2v) is 7.44. The first-order chi connectivity index (χ1) is 15.5. The number of pyridine rings is 1. The smallest absolute Gasteiger partial charge is 0.280 e. The molecule has 32 heavy (non-hydrogen) atoms. The first-order valence-electron chi connectivity index (χ1n) is 9.82. The van der Waals surface area contributed by atoms with Crippen LogP contribution >= 0.6 is 11.6 Å². The van der Waals surface area contributed by atoms with E-state index in [-0.39, 0.29) is 17.7 Å². The van der Waals surface area contributed by atoms with Gasteiger partial charge in [0, 0.05) is 12.3 Å². The van der Waals surface area contributed by atoms with E-state index in [1.54, 1.807) is 48.7 Å². The van der Waals surface area contributed by atoms with E-state index in [0.29, 0.717) is 33.1 Å². The van der Waals surface area contributed by atoms with E-state index >= 15 is 0 Å². The molecular weight excluding hydrogens is 426 g/mol. The number of aromatic nitrogens is 3. The molecule has 6 nitrogen and oxygen atoms in total. The van der Waals surface area contributed by atoms with Crippen LogP contribution in [0.4, 0.5) is 0 Å². The van der Waals surface area contributed by atoms with Gasteiger partial charge in [-0.3, -0.25) is 14.7 Å². The summed E-state index contributed by atoms with van der Waals surface area (Å²) in [6.45, 7) is 7.64. The van der Waals surface area contributed by atoms with E-state index in [1.165, 1.54) is 15.3 Å². The predicted octanol–water partition coefficient (Wildman–Crippen LogP) is 4.82. The average molecular weight is 446 g/mol. The van der Waals surface area contributed by atoms with Crippen molar-refractivity contribution in [1.82, 2.24) is 14.3 Å².